The molecule has 1 heterocycles. The van der Waals surface area contributed by atoms with Crippen LogP contribution >= 0.6 is 46.4 Å². The Kier molecular flexibility index (Phi) is 6.62. The summed E-state index contributed by atoms with van der Waals surface area (Å²) in [4.78, 5) is 20.8. The Labute approximate surface area is 181 Å². The molecule has 0 radical (unpaired) electrons. The van der Waals surface area contributed by atoms with Crippen LogP contribution in [-0.4, -0.2) is 18.5 Å². The van der Waals surface area contributed by atoms with Gasteiger partial charge in [-0.3, -0.25) is 4.57 Å². The van der Waals surface area contributed by atoms with Crippen LogP contribution in [0.4, 0.5) is 11.5 Å². The van der Waals surface area contributed by atoms with Gasteiger partial charge in [-0.2, -0.15) is 4.98 Å². The quantitative estimate of drug-likeness (QED) is 0.405. The first-order valence-corrected chi connectivity index (χ1v) is 9.62. The number of alkyl halides is 3. The Hall–Kier alpha value is -2.05. The second-order valence-corrected chi connectivity index (χ2v) is 8.42. The fourth-order valence-electron chi connectivity index (χ4n) is 2.39. The molecule has 0 aliphatic carbocycles. The van der Waals surface area contributed by atoms with Gasteiger partial charge < -0.3 is 5.32 Å². The SMILES string of the molecule is O=c1nc(Nc2ccccc2)ccn1[C@H](N=C(Cl)c1ccccc1)C(Cl)(Cl)Cl. The molecule has 2 aromatic carbocycles. The molecule has 9 heteroatoms. The highest BCUT2D eigenvalue weighted by molar-refractivity contribution is 6.70. The number of anilines is 2. The molecule has 0 spiro atoms. The standard InChI is InChI=1S/C19H14Cl4N4O/c20-16(13-7-3-1-4-8-13)26-17(19(21,22)23)27-12-11-15(25-18(27)28)24-14-9-5-2-6-10-14/h1-12,17H,(H,24,25,28)/t17-/m0/s1. The summed E-state index contributed by atoms with van der Waals surface area (Å²) in [5.74, 6) is 0.355. The third kappa shape index (κ3) is 5.26. The smallest absolute Gasteiger partial charge is 0.340 e. The van der Waals surface area contributed by atoms with Crippen molar-refractivity contribution in [3.05, 3.63) is 89.0 Å². The largest absolute Gasteiger partial charge is 0.351 e. The zero-order valence-electron chi connectivity index (χ0n) is 14.3. The summed E-state index contributed by atoms with van der Waals surface area (Å²) in [6.07, 6.45) is 0.252. The van der Waals surface area contributed by atoms with E-state index in [4.69, 9.17) is 46.4 Å². The number of hydrogen-bond donors (Lipinski definition) is 1. The summed E-state index contributed by atoms with van der Waals surface area (Å²) in [6.45, 7) is 0. The number of nitrogens with zero attached hydrogens (tertiary/aromatic N) is 3. The van der Waals surface area contributed by atoms with E-state index < -0.39 is 15.6 Å². The van der Waals surface area contributed by atoms with Crippen molar-refractivity contribution >= 4 is 63.1 Å². The minimum Gasteiger partial charge on any atom is -0.340 e. The predicted octanol–water partition coefficient (Wildman–Crippen LogP) is 5.54. The summed E-state index contributed by atoms with van der Waals surface area (Å²) >= 11 is 24.5. The van der Waals surface area contributed by atoms with Crippen LogP contribution in [0.2, 0.25) is 0 Å². The second-order valence-electron chi connectivity index (χ2n) is 5.69. The van der Waals surface area contributed by atoms with E-state index >= 15 is 0 Å². The first-order chi connectivity index (χ1) is 13.3. The topological polar surface area (TPSA) is 59.3 Å². The number of para-hydroxylation sites is 1. The van der Waals surface area contributed by atoms with E-state index in [0.29, 0.717) is 11.4 Å². The highest BCUT2D eigenvalue weighted by Crippen LogP contribution is 2.39. The fourth-order valence-corrected chi connectivity index (χ4v) is 3.07. The zero-order chi connectivity index (χ0) is 20.1. The van der Waals surface area contributed by atoms with Crippen LogP contribution < -0.4 is 11.0 Å². The van der Waals surface area contributed by atoms with Gasteiger partial charge in [-0.15, -0.1) is 0 Å². The van der Waals surface area contributed by atoms with Gasteiger partial charge in [0.05, 0.1) is 0 Å². The van der Waals surface area contributed by atoms with Crippen LogP contribution in [-0.2, 0) is 0 Å². The molecule has 0 aliphatic heterocycles. The molecule has 3 rings (SSSR count). The van der Waals surface area contributed by atoms with E-state index in [0.717, 1.165) is 10.3 Å². The zero-order valence-corrected chi connectivity index (χ0v) is 17.3. The normalized spacial score (nSPS) is 13.2. The number of benzene rings is 2. The van der Waals surface area contributed by atoms with Gasteiger partial charge in [0, 0.05) is 17.4 Å². The van der Waals surface area contributed by atoms with Gasteiger partial charge in [0.15, 0.2) is 6.17 Å². The lowest BCUT2D eigenvalue weighted by atomic mass is 10.2. The maximum absolute atomic E-state index is 12.6. The molecule has 3 aromatic rings. The van der Waals surface area contributed by atoms with Gasteiger partial charge in [-0.25, -0.2) is 9.79 Å². The Morgan fingerprint density at radius 2 is 1.61 bits per heavy atom. The van der Waals surface area contributed by atoms with Crippen LogP contribution in [0.15, 0.2) is 82.7 Å². The van der Waals surface area contributed by atoms with Crippen molar-refractivity contribution in [3.63, 3.8) is 0 Å². The third-order valence-corrected chi connectivity index (χ3v) is 4.58. The average molecular weight is 456 g/mol. The van der Waals surface area contributed by atoms with Gasteiger partial charge >= 0.3 is 5.69 Å². The summed E-state index contributed by atoms with van der Waals surface area (Å²) in [6, 6.07) is 19.9. The average Bonchev–Trinajstić information content (AvgIpc) is 2.67. The van der Waals surface area contributed by atoms with Crippen molar-refractivity contribution in [1.82, 2.24) is 9.55 Å². The highest BCUT2D eigenvalue weighted by Gasteiger charge is 2.35. The number of hydrogen-bond acceptors (Lipinski definition) is 4. The number of nitrogens with one attached hydrogen (secondary N) is 1. The van der Waals surface area contributed by atoms with Gasteiger partial charge in [-0.05, 0) is 18.2 Å². The number of halogens is 4. The summed E-state index contributed by atoms with van der Waals surface area (Å²) < 4.78 is -0.802. The van der Waals surface area contributed by atoms with E-state index in [1.54, 1.807) is 30.3 Å². The van der Waals surface area contributed by atoms with Gasteiger partial charge in [0.25, 0.3) is 0 Å². The Morgan fingerprint density at radius 1 is 1.00 bits per heavy atom. The molecule has 0 fully saturated rings. The van der Waals surface area contributed by atoms with Crippen molar-refractivity contribution in [3.8, 4) is 0 Å². The second kappa shape index (κ2) is 8.97. The first-order valence-electron chi connectivity index (χ1n) is 8.11. The lowest BCUT2D eigenvalue weighted by Crippen LogP contribution is -2.33. The van der Waals surface area contributed by atoms with Gasteiger partial charge in [0.2, 0.25) is 3.79 Å². The Balaban J connectivity index is 1.94. The molecule has 0 bridgehead atoms. The van der Waals surface area contributed by atoms with Crippen LogP contribution in [0.5, 0.6) is 0 Å². The van der Waals surface area contributed by atoms with Crippen molar-refractivity contribution in [2.75, 3.05) is 5.32 Å². The molecule has 0 saturated heterocycles. The first kappa shape index (κ1) is 20.7. The van der Waals surface area contributed by atoms with Crippen molar-refractivity contribution in [1.29, 1.82) is 0 Å². The minimum atomic E-state index is -1.92. The summed E-state index contributed by atoms with van der Waals surface area (Å²) in [5, 5.41) is 3.14. The van der Waals surface area contributed by atoms with Crippen molar-refractivity contribution in [2.24, 2.45) is 4.99 Å². The molecule has 1 N–H and O–H groups in total. The molecule has 5 nitrogen and oxygen atoms in total. The maximum Gasteiger partial charge on any atom is 0.351 e. The lowest BCUT2D eigenvalue weighted by molar-refractivity contribution is 0.508. The van der Waals surface area contributed by atoms with Gasteiger partial charge in [-0.1, -0.05) is 94.9 Å². The van der Waals surface area contributed by atoms with E-state index in [2.05, 4.69) is 15.3 Å². The molecular weight excluding hydrogens is 442 g/mol. The number of aromatic nitrogens is 2. The molecule has 1 atom stereocenters. The molecule has 0 unspecified atom stereocenters. The van der Waals surface area contributed by atoms with Crippen LogP contribution in [0.3, 0.4) is 0 Å². The number of aliphatic imine (C=N–C) groups is 1. The van der Waals surface area contributed by atoms with Crippen LogP contribution in [0, 0.1) is 0 Å². The van der Waals surface area contributed by atoms with E-state index in [-0.39, 0.29) is 5.17 Å². The van der Waals surface area contributed by atoms with Crippen molar-refractivity contribution < 1.29 is 0 Å². The molecule has 0 amide bonds. The maximum atomic E-state index is 12.6. The summed E-state index contributed by atoms with van der Waals surface area (Å²) in [7, 11) is 0. The molecule has 28 heavy (non-hydrogen) atoms. The van der Waals surface area contributed by atoms with E-state index in [1.807, 2.05) is 36.4 Å². The van der Waals surface area contributed by atoms with E-state index in [9.17, 15) is 4.79 Å². The Bertz CT molecular complexity index is 1020. The monoisotopic (exact) mass is 454 g/mol. The number of rotatable bonds is 5. The molecule has 0 saturated carbocycles. The van der Waals surface area contributed by atoms with Gasteiger partial charge in [0.1, 0.15) is 11.0 Å². The summed E-state index contributed by atoms with van der Waals surface area (Å²) in [5.41, 5.74) is 0.778. The Morgan fingerprint density at radius 3 is 2.18 bits per heavy atom. The third-order valence-electron chi connectivity index (χ3n) is 3.68. The van der Waals surface area contributed by atoms with E-state index in [1.165, 1.54) is 6.20 Å². The van der Waals surface area contributed by atoms with Crippen LogP contribution in [0.25, 0.3) is 0 Å². The van der Waals surface area contributed by atoms with Crippen LogP contribution in [0.1, 0.15) is 11.7 Å². The van der Waals surface area contributed by atoms with Crippen molar-refractivity contribution in [2.45, 2.75) is 9.96 Å². The fraction of sp³-hybridized carbons (Fsp3) is 0.105. The predicted molar refractivity (Wildman–Crippen MR) is 116 cm³/mol. The molecule has 0 aliphatic rings. The minimum absolute atomic E-state index is 0.107. The lowest BCUT2D eigenvalue weighted by Gasteiger charge is -2.23. The molecular formula is C19H14Cl4N4O. The molecule has 144 valence electrons. The molecule has 1 aromatic heterocycles. The highest BCUT2D eigenvalue weighted by atomic mass is 35.6.